The first-order valence-electron chi connectivity index (χ1n) is 7.20. The molecular formula is C14H26N2O4. The molecule has 0 aliphatic carbocycles. The monoisotopic (exact) mass is 286 g/mol. The summed E-state index contributed by atoms with van der Waals surface area (Å²) in [5.74, 6) is -0.618. The molecule has 20 heavy (non-hydrogen) atoms. The van der Waals surface area contributed by atoms with E-state index in [-0.39, 0.29) is 12.1 Å². The number of carbonyl (C=O) groups excluding carboxylic acids is 1. The summed E-state index contributed by atoms with van der Waals surface area (Å²) >= 11 is 0. The number of nitrogens with one attached hydrogen (secondary N) is 1. The van der Waals surface area contributed by atoms with Crippen LogP contribution in [-0.4, -0.2) is 53.3 Å². The van der Waals surface area contributed by atoms with Crippen molar-refractivity contribution in [3.63, 3.8) is 0 Å². The molecule has 0 aromatic rings. The number of rotatable bonds is 5. The molecule has 0 saturated carbocycles. The van der Waals surface area contributed by atoms with Crippen LogP contribution in [0.4, 0.5) is 4.79 Å². The summed E-state index contributed by atoms with van der Waals surface area (Å²) in [5, 5.41) is 12.2. The fourth-order valence-electron chi connectivity index (χ4n) is 2.51. The van der Waals surface area contributed by atoms with Crippen LogP contribution in [0.15, 0.2) is 0 Å². The van der Waals surface area contributed by atoms with Gasteiger partial charge >= 0.3 is 12.0 Å². The molecule has 1 atom stereocenters. The topological polar surface area (TPSA) is 78.9 Å². The van der Waals surface area contributed by atoms with Gasteiger partial charge in [0.1, 0.15) is 5.54 Å². The number of likely N-dealkylation sites (N-methyl/N-ethyl adjacent to an activating group) is 1. The number of hydrogen-bond acceptors (Lipinski definition) is 3. The minimum atomic E-state index is -1.21. The maximum absolute atomic E-state index is 12.3. The largest absolute Gasteiger partial charge is 0.480 e. The van der Waals surface area contributed by atoms with E-state index in [1.54, 1.807) is 6.92 Å². The Hall–Kier alpha value is -1.30. The summed E-state index contributed by atoms with van der Waals surface area (Å²) < 4.78 is 5.31. The highest BCUT2D eigenvalue weighted by Gasteiger charge is 2.37. The highest BCUT2D eigenvalue weighted by molar-refractivity contribution is 5.85. The van der Waals surface area contributed by atoms with Crippen LogP contribution in [0, 0.1) is 5.92 Å². The third-order valence-electron chi connectivity index (χ3n) is 4.08. The van der Waals surface area contributed by atoms with Gasteiger partial charge in [-0.25, -0.2) is 9.59 Å². The van der Waals surface area contributed by atoms with Crippen molar-refractivity contribution in [2.24, 2.45) is 5.92 Å². The van der Waals surface area contributed by atoms with Crippen molar-refractivity contribution >= 4 is 12.0 Å². The second kappa shape index (κ2) is 6.92. The van der Waals surface area contributed by atoms with E-state index < -0.39 is 11.5 Å². The average molecular weight is 286 g/mol. The molecule has 2 N–H and O–H groups in total. The number of amides is 2. The van der Waals surface area contributed by atoms with Crippen LogP contribution in [0.2, 0.25) is 0 Å². The van der Waals surface area contributed by atoms with Gasteiger partial charge in [-0.1, -0.05) is 0 Å². The van der Waals surface area contributed by atoms with Gasteiger partial charge in [-0.15, -0.1) is 0 Å². The van der Waals surface area contributed by atoms with Gasteiger partial charge in [0.25, 0.3) is 0 Å². The van der Waals surface area contributed by atoms with E-state index in [1.807, 2.05) is 6.92 Å². The molecule has 116 valence electrons. The Balaban J connectivity index is 2.65. The highest BCUT2D eigenvalue weighted by Crippen LogP contribution is 2.20. The van der Waals surface area contributed by atoms with Gasteiger partial charge in [0.2, 0.25) is 0 Å². The SMILES string of the molecule is CCN(C(=O)NC(C)C1CCOCC1)C(C)(C)C(=O)O. The molecular weight excluding hydrogens is 260 g/mol. The van der Waals surface area contributed by atoms with Gasteiger partial charge in [0, 0.05) is 25.8 Å². The normalized spacial score (nSPS) is 18.4. The number of carboxylic acid groups (broad SMARTS) is 1. The van der Waals surface area contributed by atoms with Crippen LogP contribution in [0.1, 0.15) is 40.5 Å². The second-order valence-electron chi connectivity index (χ2n) is 5.80. The second-order valence-corrected chi connectivity index (χ2v) is 5.80. The lowest BCUT2D eigenvalue weighted by Crippen LogP contribution is -2.58. The first kappa shape index (κ1) is 16.8. The first-order chi connectivity index (χ1) is 9.30. The van der Waals surface area contributed by atoms with Gasteiger partial charge < -0.3 is 20.1 Å². The van der Waals surface area contributed by atoms with E-state index in [9.17, 15) is 14.7 Å². The van der Waals surface area contributed by atoms with Crippen molar-refractivity contribution < 1.29 is 19.4 Å². The summed E-state index contributed by atoms with van der Waals surface area (Å²) in [7, 11) is 0. The van der Waals surface area contributed by atoms with Gasteiger partial charge in [-0.3, -0.25) is 0 Å². The zero-order valence-electron chi connectivity index (χ0n) is 12.8. The zero-order chi connectivity index (χ0) is 15.3. The molecule has 1 unspecified atom stereocenters. The minimum Gasteiger partial charge on any atom is -0.480 e. The van der Waals surface area contributed by atoms with Crippen LogP contribution in [0.3, 0.4) is 0 Å². The summed E-state index contributed by atoms with van der Waals surface area (Å²) in [4.78, 5) is 24.9. The molecule has 1 aliphatic rings. The van der Waals surface area contributed by atoms with Crippen LogP contribution in [0.25, 0.3) is 0 Å². The molecule has 6 heteroatoms. The van der Waals surface area contributed by atoms with Crippen molar-refractivity contribution in [1.82, 2.24) is 10.2 Å². The summed E-state index contributed by atoms with van der Waals surface area (Å²) in [6.45, 7) is 8.63. The third kappa shape index (κ3) is 3.85. The predicted molar refractivity (Wildman–Crippen MR) is 75.6 cm³/mol. The smallest absolute Gasteiger partial charge is 0.329 e. The van der Waals surface area contributed by atoms with Crippen LogP contribution in [0.5, 0.6) is 0 Å². The number of carbonyl (C=O) groups is 2. The number of nitrogens with zero attached hydrogens (tertiary/aromatic N) is 1. The number of carboxylic acids is 1. The number of aliphatic carboxylic acids is 1. The minimum absolute atomic E-state index is 0.0186. The van der Waals surface area contributed by atoms with Gasteiger partial charge in [0.15, 0.2) is 0 Å². The first-order valence-corrected chi connectivity index (χ1v) is 7.20. The maximum Gasteiger partial charge on any atom is 0.329 e. The highest BCUT2D eigenvalue weighted by atomic mass is 16.5. The molecule has 1 heterocycles. The standard InChI is InChI=1S/C14H26N2O4/c1-5-16(14(3,4)12(17)18)13(19)15-10(2)11-6-8-20-9-7-11/h10-11H,5-9H2,1-4H3,(H,15,19)(H,17,18). The van der Waals surface area contributed by atoms with Crippen molar-refractivity contribution in [1.29, 1.82) is 0 Å². The van der Waals surface area contributed by atoms with E-state index in [4.69, 9.17) is 4.74 Å². The van der Waals surface area contributed by atoms with E-state index in [0.29, 0.717) is 12.5 Å². The fraction of sp³-hybridized carbons (Fsp3) is 0.857. The van der Waals surface area contributed by atoms with Crippen LogP contribution >= 0.6 is 0 Å². The van der Waals surface area contributed by atoms with Crippen molar-refractivity contribution in [3.8, 4) is 0 Å². The summed E-state index contributed by atoms with van der Waals surface area (Å²) in [5.41, 5.74) is -1.21. The Morgan fingerprint density at radius 2 is 1.95 bits per heavy atom. The van der Waals surface area contributed by atoms with Crippen molar-refractivity contribution in [2.45, 2.75) is 52.1 Å². The molecule has 0 aromatic heterocycles. The molecule has 0 bridgehead atoms. The van der Waals surface area contributed by atoms with E-state index in [2.05, 4.69) is 5.32 Å². The van der Waals surface area contributed by atoms with Crippen LogP contribution < -0.4 is 5.32 Å². The Morgan fingerprint density at radius 1 is 1.40 bits per heavy atom. The fourth-order valence-corrected chi connectivity index (χ4v) is 2.51. The lowest BCUT2D eigenvalue weighted by Gasteiger charge is -2.36. The Morgan fingerprint density at radius 3 is 2.40 bits per heavy atom. The maximum atomic E-state index is 12.3. The molecule has 0 aromatic carbocycles. The van der Waals surface area contributed by atoms with E-state index in [1.165, 1.54) is 18.7 Å². The van der Waals surface area contributed by atoms with Gasteiger partial charge in [-0.05, 0) is 46.5 Å². The summed E-state index contributed by atoms with van der Waals surface area (Å²) in [6, 6.07) is -0.302. The molecule has 0 radical (unpaired) electrons. The molecule has 0 spiro atoms. The molecule has 2 amide bonds. The van der Waals surface area contributed by atoms with Gasteiger partial charge in [-0.2, -0.15) is 0 Å². The predicted octanol–water partition coefficient (Wildman–Crippen LogP) is 1.70. The number of ether oxygens (including phenoxy) is 1. The lowest BCUT2D eigenvalue weighted by atomic mass is 9.93. The quantitative estimate of drug-likeness (QED) is 0.806. The summed E-state index contributed by atoms with van der Waals surface area (Å²) in [6.07, 6.45) is 1.85. The number of urea groups is 1. The molecule has 1 saturated heterocycles. The molecule has 1 aliphatic heterocycles. The number of hydrogen-bond donors (Lipinski definition) is 2. The molecule has 1 rings (SSSR count). The Kier molecular flexibility index (Phi) is 5.80. The zero-order valence-corrected chi connectivity index (χ0v) is 12.8. The van der Waals surface area contributed by atoms with E-state index in [0.717, 1.165) is 26.1 Å². The lowest BCUT2D eigenvalue weighted by molar-refractivity contribution is -0.147. The average Bonchev–Trinajstić information content (AvgIpc) is 2.39. The van der Waals surface area contributed by atoms with Crippen molar-refractivity contribution in [3.05, 3.63) is 0 Å². The van der Waals surface area contributed by atoms with Crippen LogP contribution in [-0.2, 0) is 9.53 Å². The Labute approximate surface area is 120 Å². The Bertz CT molecular complexity index is 351. The van der Waals surface area contributed by atoms with Crippen molar-refractivity contribution in [2.75, 3.05) is 19.8 Å². The third-order valence-corrected chi connectivity index (χ3v) is 4.08. The molecule has 6 nitrogen and oxygen atoms in total. The molecule has 1 fully saturated rings. The van der Waals surface area contributed by atoms with Gasteiger partial charge in [0.05, 0.1) is 0 Å². The van der Waals surface area contributed by atoms with E-state index >= 15 is 0 Å².